The zero-order valence-corrected chi connectivity index (χ0v) is 15.7. The van der Waals surface area contributed by atoms with Gasteiger partial charge in [0.15, 0.2) is 5.13 Å². The molecule has 0 radical (unpaired) electrons. The van der Waals surface area contributed by atoms with E-state index in [-0.39, 0.29) is 24.3 Å². The van der Waals surface area contributed by atoms with Crippen molar-refractivity contribution in [2.45, 2.75) is 18.9 Å². The van der Waals surface area contributed by atoms with Gasteiger partial charge in [-0.3, -0.25) is 9.59 Å². The van der Waals surface area contributed by atoms with Crippen molar-refractivity contribution < 1.29 is 9.59 Å². The Bertz CT molecular complexity index is 830. The van der Waals surface area contributed by atoms with E-state index in [1.807, 2.05) is 18.2 Å². The predicted octanol–water partition coefficient (Wildman–Crippen LogP) is 1.89. The number of carbonyl (C=O) groups excluding carboxylic acids is 2. The number of carbonyl (C=O) groups is 2. The summed E-state index contributed by atoms with van der Waals surface area (Å²) in [4.78, 5) is 30.4. The summed E-state index contributed by atoms with van der Waals surface area (Å²) in [6, 6.07) is 10.9. The van der Waals surface area contributed by atoms with Crippen LogP contribution in [0.4, 0.5) is 5.13 Å². The first-order valence-corrected chi connectivity index (χ1v) is 9.76. The maximum absolute atomic E-state index is 12.3. The molecule has 2 aromatic rings. The Morgan fingerprint density at radius 2 is 2.11 bits per heavy atom. The lowest BCUT2D eigenvalue weighted by Gasteiger charge is -2.19. The summed E-state index contributed by atoms with van der Waals surface area (Å²) >= 11 is 1.38. The molecule has 1 aliphatic rings. The van der Waals surface area contributed by atoms with Crippen LogP contribution in [0.5, 0.6) is 0 Å². The second kappa shape index (κ2) is 9.26. The van der Waals surface area contributed by atoms with Gasteiger partial charge in [0.2, 0.25) is 11.7 Å². The molecule has 8 heteroatoms. The van der Waals surface area contributed by atoms with Crippen molar-refractivity contribution in [1.29, 1.82) is 5.26 Å². The number of benzene rings is 1. The summed E-state index contributed by atoms with van der Waals surface area (Å²) in [5, 5.41) is 17.7. The highest BCUT2D eigenvalue weighted by atomic mass is 32.1. The number of hydrogen-bond acceptors (Lipinski definition) is 7. The molecule has 27 heavy (non-hydrogen) atoms. The molecule has 1 aromatic carbocycles. The van der Waals surface area contributed by atoms with Crippen molar-refractivity contribution in [3.63, 3.8) is 0 Å². The highest BCUT2D eigenvalue weighted by Gasteiger charge is 2.27. The largest absolute Gasteiger partial charge is 0.360 e. The van der Waals surface area contributed by atoms with Gasteiger partial charge in [-0.05, 0) is 12.8 Å². The number of thiazole rings is 1. The number of aromatic nitrogens is 1. The van der Waals surface area contributed by atoms with Gasteiger partial charge in [0.05, 0.1) is 12.6 Å². The molecule has 3 rings (SSSR count). The second-order valence-corrected chi connectivity index (χ2v) is 7.07. The monoisotopic (exact) mass is 383 g/mol. The Hall–Kier alpha value is -2.76. The van der Waals surface area contributed by atoms with E-state index in [0.717, 1.165) is 12.8 Å². The summed E-state index contributed by atoms with van der Waals surface area (Å²) in [6.07, 6.45) is 1.65. The predicted molar refractivity (Wildman–Crippen MR) is 104 cm³/mol. The maximum atomic E-state index is 12.3. The fourth-order valence-corrected chi connectivity index (χ4v) is 3.67. The Labute approximate surface area is 162 Å². The maximum Gasteiger partial charge on any atom is 0.237 e. The number of rotatable bonds is 8. The van der Waals surface area contributed by atoms with Crippen LogP contribution in [-0.4, -0.2) is 53.8 Å². The highest BCUT2D eigenvalue weighted by Crippen LogP contribution is 2.18. The van der Waals surface area contributed by atoms with E-state index in [2.05, 4.69) is 21.7 Å². The van der Waals surface area contributed by atoms with E-state index in [4.69, 9.17) is 5.26 Å². The van der Waals surface area contributed by atoms with E-state index in [9.17, 15) is 9.59 Å². The van der Waals surface area contributed by atoms with Crippen LogP contribution in [0.25, 0.3) is 0 Å². The number of ketones is 1. The SMILES string of the molecule is N#CC1CCCN1C(=O)CNCCNc1nc(C(=O)c2ccccc2)cs1. The van der Waals surface area contributed by atoms with Crippen molar-refractivity contribution >= 4 is 28.2 Å². The standard InChI is InChI=1S/C19H21N5O2S/c20-11-15-7-4-10-24(15)17(25)12-21-8-9-22-19-23-16(13-27-19)18(26)14-5-2-1-3-6-14/h1-3,5-6,13,15,21H,4,7-10,12H2,(H,22,23). The summed E-state index contributed by atoms with van der Waals surface area (Å²) in [5.41, 5.74) is 1.04. The smallest absolute Gasteiger partial charge is 0.237 e. The quantitative estimate of drug-likeness (QED) is 0.534. The van der Waals surface area contributed by atoms with Gasteiger partial charge < -0.3 is 15.5 Å². The van der Waals surface area contributed by atoms with Gasteiger partial charge in [-0.1, -0.05) is 30.3 Å². The van der Waals surface area contributed by atoms with Crippen LogP contribution in [0, 0.1) is 11.3 Å². The third-order valence-electron chi connectivity index (χ3n) is 4.35. The molecule has 1 unspecified atom stereocenters. The van der Waals surface area contributed by atoms with Crippen molar-refractivity contribution in [2.24, 2.45) is 0 Å². The molecule has 2 heterocycles. The van der Waals surface area contributed by atoms with Gasteiger partial charge >= 0.3 is 0 Å². The van der Waals surface area contributed by atoms with E-state index in [1.165, 1.54) is 11.3 Å². The van der Waals surface area contributed by atoms with Crippen LogP contribution in [0.2, 0.25) is 0 Å². The Morgan fingerprint density at radius 1 is 1.30 bits per heavy atom. The lowest BCUT2D eigenvalue weighted by Crippen LogP contribution is -2.41. The summed E-state index contributed by atoms with van der Waals surface area (Å²) in [7, 11) is 0. The summed E-state index contributed by atoms with van der Waals surface area (Å²) in [6.45, 7) is 2.05. The topological polar surface area (TPSA) is 98.1 Å². The van der Waals surface area contributed by atoms with Crippen LogP contribution >= 0.6 is 11.3 Å². The second-order valence-electron chi connectivity index (χ2n) is 6.21. The van der Waals surface area contributed by atoms with E-state index in [0.29, 0.717) is 36.0 Å². The number of nitrogens with one attached hydrogen (secondary N) is 2. The minimum atomic E-state index is -0.284. The van der Waals surface area contributed by atoms with Crippen LogP contribution in [0.15, 0.2) is 35.7 Å². The molecule has 1 aliphatic heterocycles. The van der Waals surface area contributed by atoms with Crippen LogP contribution < -0.4 is 10.6 Å². The molecular weight excluding hydrogens is 362 g/mol. The molecule has 0 spiro atoms. The van der Waals surface area contributed by atoms with Crippen molar-refractivity contribution in [3.05, 3.63) is 47.0 Å². The van der Waals surface area contributed by atoms with Crippen LogP contribution in [0.3, 0.4) is 0 Å². The number of likely N-dealkylation sites (tertiary alicyclic amines) is 1. The lowest BCUT2D eigenvalue weighted by atomic mass is 10.1. The van der Waals surface area contributed by atoms with Gasteiger partial charge in [0, 0.05) is 30.6 Å². The Balaban J connectivity index is 1.39. The first-order chi connectivity index (χ1) is 13.2. The zero-order valence-electron chi connectivity index (χ0n) is 14.9. The molecule has 1 atom stereocenters. The number of amides is 1. The average Bonchev–Trinajstić information content (AvgIpc) is 3.37. The molecule has 1 saturated heterocycles. The average molecular weight is 383 g/mol. The van der Waals surface area contributed by atoms with Crippen LogP contribution in [0.1, 0.15) is 28.9 Å². The van der Waals surface area contributed by atoms with Gasteiger partial charge in [-0.15, -0.1) is 11.3 Å². The number of hydrogen-bond donors (Lipinski definition) is 2. The zero-order chi connectivity index (χ0) is 19.1. The normalized spacial score (nSPS) is 16.1. The Kier molecular flexibility index (Phi) is 6.52. The Morgan fingerprint density at radius 3 is 2.89 bits per heavy atom. The molecular formula is C19H21N5O2S. The number of anilines is 1. The van der Waals surface area contributed by atoms with Crippen molar-refractivity contribution in [3.8, 4) is 6.07 Å². The highest BCUT2D eigenvalue weighted by molar-refractivity contribution is 7.13. The fraction of sp³-hybridized carbons (Fsp3) is 0.368. The first kappa shape index (κ1) is 19.0. The molecule has 0 aliphatic carbocycles. The first-order valence-electron chi connectivity index (χ1n) is 8.88. The van der Waals surface area contributed by atoms with E-state index >= 15 is 0 Å². The number of nitriles is 1. The lowest BCUT2D eigenvalue weighted by molar-refractivity contribution is -0.130. The minimum absolute atomic E-state index is 0.0379. The summed E-state index contributed by atoms with van der Waals surface area (Å²) < 4.78 is 0. The molecule has 140 valence electrons. The van der Waals surface area contributed by atoms with Gasteiger partial charge in [0.1, 0.15) is 11.7 Å². The molecule has 1 fully saturated rings. The molecule has 1 amide bonds. The molecule has 7 nitrogen and oxygen atoms in total. The molecule has 0 bridgehead atoms. The van der Waals surface area contributed by atoms with Crippen LogP contribution in [-0.2, 0) is 4.79 Å². The molecule has 2 N–H and O–H groups in total. The molecule has 0 saturated carbocycles. The third kappa shape index (κ3) is 4.90. The number of nitrogens with zero attached hydrogens (tertiary/aromatic N) is 3. The van der Waals surface area contributed by atoms with Crippen molar-refractivity contribution in [1.82, 2.24) is 15.2 Å². The van der Waals surface area contributed by atoms with Gasteiger partial charge in [-0.25, -0.2) is 4.98 Å². The van der Waals surface area contributed by atoms with Gasteiger partial charge in [0.25, 0.3) is 0 Å². The molecule has 1 aromatic heterocycles. The van der Waals surface area contributed by atoms with Gasteiger partial charge in [-0.2, -0.15) is 5.26 Å². The minimum Gasteiger partial charge on any atom is -0.360 e. The third-order valence-corrected chi connectivity index (χ3v) is 5.15. The summed E-state index contributed by atoms with van der Waals surface area (Å²) in [5.74, 6) is -0.134. The fourth-order valence-electron chi connectivity index (χ4n) is 2.95. The van der Waals surface area contributed by atoms with E-state index in [1.54, 1.807) is 22.4 Å². The van der Waals surface area contributed by atoms with E-state index < -0.39 is 0 Å². The van der Waals surface area contributed by atoms with Crippen molar-refractivity contribution in [2.75, 3.05) is 31.5 Å².